The maximum absolute atomic E-state index is 11.4. The zero-order chi connectivity index (χ0) is 22.9. The number of anilines is 1. The van der Waals surface area contributed by atoms with Gasteiger partial charge in [-0.25, -0.2) is 9.78 Å². The number of amides is 1. The first-order valence-corrected chi connectivity index (χ1v) is 9.68. The Labute approximate surface area is 177 Å². The highest BCUT2D eigenvalue weighted by Crippen LogP contribution is 2.25. The minimum atomic E-state index is -0.492. The molecule has 8 heteroatoms. The second-order valence-corrected chi connectivity index (χ2v) is 7.24. The van der Waals surface area contributed by atoms with Crippen molar-refractivity contribution < 1.29 is 14.5 Å². The fourth-order valence-electron chi connectivity index (χ4n) is 2.46. The van der Waals surface area contributed by atoms with Crippen LogP contribution in [0.3, 0.4) is 0 Å². The molecule has 30 heavy (non-hydrogen) atoms. The van der Waals surface area contributed by atoms with E-state index in [2.05, 4.69) is 10.3 Å². The van der Waals surface area contributed by atoms with Gasteiger partial charge in [0, 0.05) is 25.5 Å². The van der Waals surface area contributed by atoms with E-state index in [1.807, 2.05) is 71.5 Å². The number of hydrogen-bond acceptors (Lipinski definition) is 5. The molecule has 1 aromatic carbocycles. The summed E-state index contributed by atoms with van der Waals surface area (Å²) in [5.74, 6) is 0.504. The topological polar surface area (TPSA) is 99.3 Å². The summed E-state index contributed by atoms with van der Waals surface area (Å²) in [5.41, 5.74) is 1.59. The molecular formula is C22H30N4O4. The summed E-state index contributed by atoms with van der Waals surface area (Å²) >= 11 is 0. The molecule has 0 saturated heterocycles. The number of non-ortho nitro benzene ring substituents is 1. The first kappa shape index (κ1) is 24.6. The van der Waals surface area contributed by atoms with Crippen molar-refractivity contribution in [2.45, 2.75) is 47.1 Å². The van der Waals surface area contributed by atoms with Gasteiger partial charge in [-0.1, -0.05) is 19.9 Å². The molecule has 2 heterocycles. The van der Waals surface area contributed by atoms with E-state index in [1.165, 1.54) is 6.07 Å². The number of carbonyl (C=O) groups is 1. The number of fused-ring (bicyclic) bond motifs is 1. The Balaban J connectivity index is 0.000000279. The van der Waals surface area contributed by atoms with Crippen LogP contribution in [0.2, 0.25) is 0 Å². The third-order valence-electron chi connectivity index (χ3n) is 3.65. The molecule has 3 aromatic rings. The number of nitrogens with one attached hydrogen (secondary N) is 1. The van der Waals surface area contributed by atoms with Gasteiger partial charge in [0.25, 0.3) is 5.69 Å². The van der Waals surface area contributed by atoms with E-state index >= 15 is 0 Å². The summed E-state index contributed by atoms with van der Waals surface area (Å²) in [6, 6.07) is 10.5. The van der Waals surface area contributed by atoms with Crippen LogP contribution in [0.1, 0.15) is 40.2 Å². The molecule has 8 nitrogen and oxygen atoms in total. The van der Waals surface area contributed by atoms with E-state index in [-0.39, 0.29) is 10.6 Å². The lowest BCUT2D eigenvalue weighted by Gasteiger charge is -2.19. The van der Waals surface area contributed by atoms with Crippen molar-refractivity contribution in [2.75, 3.05) is 5.32 Å². The molecule has 0 atom stereocenters. The summed E-state index contributed by atoms with van der Waals surface area (Å²) in [6.07, 6.45) is 2.97. The van der Waals surface area contributed by atoms with Crippen molar-refractivity contribution in [3.8, 4) is 0 Å². The molecule has 0 fully saturated rings. The minimum Gasteiger partial charge on any atom is -0.444 e. The van der Waals surface area contributed by atoms with Crippen LogP contribution in [-0.4, -0.2) is 26.2 Å². The van der Waals surface area contributed by atoms with Crippen molar-refractivity contribution in [2.24, 2.45) is 7.05 Å². The maximum Gasteiger partial charge on any atom is 0.413 e. The van der Waals surface area contributed by atoms with Crippen LogP contribution in [0.25, 0.3) is 10.9 Å². The fraction of sp³-hybridized carbons (Fsp3) is 0.364. The van der Waals surface area contributed by atoms with Crippen molar-refractivity contribution in [1.82, 2.24) is 9.55 Å². The van der Waals surface area contributed by atoms with Crippen LogP contribution in [0.15, 0.2) is 48.8 Å². The average Bonchev–Trinajstić information content (AvgIpc) is 3.03. The Morgan fingerprint density at radius 2 is 1.87 bits per heavy atom. The van der Waals surface area contributed by atoms with Crippen molar-refractivity contribution in [3.63, 3.8) is 0 Å². The molecule has 3 rings (SSSR count). The highest BCUT2D eigenvalue weighted by Gasteiger charge is 2.16. The summed E-state index contributed by atoms with van der Waals surface area (Å²) < 4.78 is 6.95. The number of rotatable bonds is 2. The van der Waals surface area contributed by atoms with E-state index < -0.39 is 11.7 Å². The van der Waals surface area contributed by atoms with Crippen LogP contribution in [0.4, 0.5) is 16.3 Å². The van der Waals surface area contributed by atoms with E-state index in [0.717, 1.165) is 11.1 Å². The van der Waals surface area contributed by atoms with E-state index in [1.54, 1.807) is 24.4 Å². The average molecular weight is 415 g/mol. The first-order chi connectivity index (χ1) is 14.1. The number of aryl methyl sites for hydroxylation is 2. The molecule has 0 saturated carbocycles. The van der Waals surface area contributed by atoms with Crippen LogP contribution >= 0.6 is 0 Å². The van der Waals surface area contributed by atoms with E-state index in [4.69, 9.17) is 4.74 Å². The number of nitro groups is 1. The molecule has 0 spiro atoms. The van der Waals surface area contributed by atoms with Gasteiger partial charge in [-0.15, -0.1) is 0 Å². The minimum absolute atomic E-state index is 0.165. The van der Waals surface area contributed by atoms with Crippen LogP contribution < -0.4 is 5.32 Å². The normalized spacial score (nSPS) is 10.2. The molecule has 1 amide bonds. The Morgan fingerprint density at radius 1 is 1.20 bits per heavy atom. The van der Waals surface area contributed by atoms with Crippen LogP contribution in [-0.2, 0) is 11.8 Å². The van der Waals surface area contributed by atoms with E-state index in [0.29, 0.717) is 11.2 Å². The zero-order valence-electron chi connectivity index (χ0n) is 18.6. The van der Waals surface area contributed by atoms with Gasteiger partial charge in [-0.3, -0.25) is 15.4 Å². The second-order valence-electron chi connectivity index (χ2n) is 7.24. The second kappa shape index (κ2) is 10.9. The SMILES string of the molecule is CC.Cc1ccnc(NC(=O)OC(C)(C)C)c1.Cn1ccc2c([N+](=O)[O-])cccc21. The number of hydrogen-bond donors (Lipinski definition) is 1. The molecule has 0 bridgehead atoms. The van der Waals surface area contributed by atoms with Gasteiger partial charge < -0.3 is 9.30 Å². The van der Waals surface area contributed by atoms with E-state index in [9.17, 15) is 14.9 Å². The number of nitrogens with zero attached hydrogens (tertiary/aromatic N) is 3. The highest BCUT2D eigenvalue weighted by atomic mass is 16.6. The molecule has 1 N–H and O–H groups in total. The summed E-state index contributed by atoms with van der Waals surface area (Å²) in [4.78, 5) is 25.6. The molecule has 0 aliphatic heterocycles. The number of ether oxygens (including phenoxy) is 1. The Bertz CT molecular complexity index is 990. The third kappa shape index (κ3) is 7.54. The van der Waals surface area contributed by atoms with Crippen LogP contribution in [0.5, 0.6) is 0 Å². The number of pyridine rings is 1. The van der Waals surface area contributed by atoms with Gasteiger partial charge >= 0.3 is 6.09 Å². The lowest BCUT2D eigenvalue weighted by molar-refractivity contribution is -0.383. The third-order valence-corrected chi connectivity index (χ3v) is 3.65. The van der Waals surface area contributed by atoms with Gasteiger partial charge in [0.05, 0.1) is 15.8 Å². The maximum atomic E-state index is 11.4. The van der Waals surface area contributed by atoms with Gasteiger partial charge in [0.15, 0.2) is 0 Å². The fourth-order valence-corrected chi connectivity index (χ4v) is 2.46. The van der Waals surface area contributed by atoms with Crippen molar-refractivity contribution in [3.05, 3.63) is 64.5 Å². The van der Waals surface area contributed by atoms with Crippen molar-refractivity contribution in [1.29, 1.82) is 0 Å². The number of nitro benzene ring substituents is 1. The molecule has 0 unspecified atom stereocenters. The Hall–Kier alpha value is -3.42. The smallest absolute Gasteiger partial charge is 0.413 e. The number of carbonyl (C=O) groups excluding carboxylic acids is 1. The van der Waals surface area contributed by atoms with Gasteiger partial charge in [0.1, 0.15) is 11.4 Å². The number of benzene rings is 1. The summed E-state index contributed by atoms with van der Waals surface area (Å²) in [6.45, 7) is 11.4. The predicted molar refractivity (Wildman–Crippen MR) is 120 cm³/mol. The van der Waals surface area contributed by atoms with Crippen molar-refractivity contribution >= 4 is 28.5 Å². The van der Waals surface area contributed by atoms with Gasteiger partial charge in [-0.05, 0) is 57.5 Å². The highest BCUT2D eigenvalue weighted by molar-refractivity contribution is 5.89. The molecule has 2 aromatic heterocycles. The van der Waals surface area contributed by atoms with Crippen LogP contribution in [0, 0.1) is 17.0 Å². The molecule has 0 aliphatic rings. The predicted octanol–water partition coefficient (Wildman–Crippen LogP) is 5.85. The zero-order valence-corrected chi connectivity index (χ0v) is 18.6. The quantitative estimate of drug-likeness (QED) is 0.419. The number of aromatic nitrogens is 2. The summed E-state index contributed by atoms with van der Waals surface area (Å²) in [5, 5.41) is 13.9. The standard InChI is InChI=1S/C11H16N2O2.C9H8N2O2.C2H6/c1-8-5-6-12-9(7-8)13-10(14)15-11(2,3)4;1-10-6-5-7-8(10)3-2-4-9(7)11(12)13;1-2/h5-7H,1-4H3,(H,12,13,14);2-6H,1H3;1-2H3. The molecular weight excluding hydrogens is 384 g/mol. The monoisotopic (exact) mass is 414 g/mol. The van der Waals surface area contributed by atoms with Gasteiger partial charge in [-0.2, -0.15) is 0 Å². The lowest BCUT2D eigenvalue weighted by Crippen LogP contribution is -2.27. The molecule has 0 radical (unpaired) electrons. The molecule has 162 valence electrons. The first-order valence-electron chi connectivity index (χ1n) is 9.68. The Kier molecular flexibility index (Phi) is 8.98. The molecule has 0 aliphatic carbocycles. The Morgan fingerprint density at radius 3 is 2.43 bits per heavy atom. The summed E-state index contributed by atoms with van der Waals surface area (Å²) in [7, 11) is 1.87. The van der Waals surface area contributed by atoms with Gasteiger partial charge in [0.2, 0.25) is 0 Å². The lowest BCUT2D eigenvalue weighted by atomic mass is 10.2. The largest absolute Gasteiger partial charge is 0.444 e.